The van der Waals surface area contributed by atoms with E-state index in [0.29, 0.717) is 55.5 Å². The third-order valence-electron chi connectivity index (χ3n) is 6.44. The quantitative estimate of drug-likeness (QED) is 0.214. The zero-order chi connectivity index (χ0) is 27.3. The molecule has 4 heterocycles. The summed E-state index contributed by atoms with van der Waals surface area (Å²) in [6.45, 7) is 0. The minimum Gasteiger partial charge on any atom is -0.476 e. The van der Waals surface area contributed by atoms with E-state index in [9.17, 15) is 30.2 Å². The van der Waals surface area contributed by atoms with Crippen LogP contribution in [0.2, 0.25) is 0 Å². The van der Waals surface area contributed by atoms with E-state index in [1.165, 1.54) is 12.1 Å². The molecule has 14 nitrogen and oxygen atoms in total. The van der Waals surface area contributed by atoms with Crippen molar-refractivity contribution >= 4 is 33.7 Å². The molecular weight excluding hydrogens is 508 g/mol. The second-order valence-corrected chi connectivity index (χ2v) is 8.94. The lowest BCUT2D eigenvalue weighted by molar-refractivity contribution is 0.0637. The lowest BCUT2D eigenvalue weighted by atomic mass is 10.1. The average molecular weight is 528 g/mol. The molecule has 0 amide bonds. The number of aryl methyl sites for hydroxylation is 2. The Morgan fingerprint density at radius 2 is 1.10 bits per heavy atom. The van der Waals surface area contributed by atoms with Gasteiger partial charge in [-0.1, -0.05) is 22.6 Å². The van der Waals surface area contributed by atoms with Crippen LogP contribution in [0.15, 0.2) is 60.9 Å². The molecule has 0 unspecified atom stereocenters. The van der Waals surface area contributed by atoms with Crippen LogP contribution in [-0.4, -0.2) is 72.0 Å². The second-order valence-electron chi connectivity index (χ2n) is 8.94. The smallest absolute Gasteiger partial charge is 0.356 e. The van der Waals surface area contributed by atoms with Gasteiger partial charge in [0.1, 0.15) is 0 Å². The summed E-state index contributed by atoms with van der Waals surface area (Å²) in [4.78, 5) is 22.5. The molecule has 0 aliphatic rings. The van der Waals surface area contributed by atoms with Crippen molar-refractivity contribution in [1.82, 2.24) is 39.4 Å². The van der Waals surface area contributed by atoms with Crippen molar-refractivity contribution < 1.29 is 30.2 Å². The van der Waals surface area contributed by atoms with Crippen LogP contribution in [0.25, 0.3) is 33.2 Å². The molecule has 196 valence electrons. The first-order valence-corrected chi connectivity index (χ1v) is 11.8. The number of aromatic nitrogens is 8. The molecule has 0 aliphatic heterocycles. The molecule has 6 rings (SSSR count). The Kier molecular flexibility index (Phi) is 5.49. The fourth-order valence-electron chi connectivity index (χ4n) is 4.47. The zero-order valence-corrected chi connectivity index (χ0v) is 20.1. The van der Waals surface area contributed by atoms with Crippen LogP contribution in [0, 0.1) is 0 Å². The van der Waals surface area contributed by atoms with E-state index in [0.717, 1.165) is 17.8 Å². The molecule has 4 aromatic heterocycles. The van der Waals surface area contributed by atoms with Crippen LogP contribution in [0.4, 0.5) is 0 Å². The summed E-state index contributed by atoms with van der Waals surface area (Å²) in [6.07, 6.45) is 5.50. The molecule has 0 fully saturated rings. The van der Waals surface area contributed by atoms with E-state index in [1.807, 2.05) is 0 Å². The monoisotopic (exact) mass is 528 g/mol. The van der Waals surface area contributed by atoms with Gasteiger partial charge in [-0.3, -0.25) is 0 Å². The maximum Gasteiger partial charge on any atom is 0.356 e. The van der Waals surface area contributed by atoms with Crippen molar-refractivity contribution in [1.29, 1.82) is 0 Å². The number of hydrogen-bond acceptors (Lipinski definition) is 8. The minimum atomic E-state index is -1.23. The van der Waals surface area contributed by atoms with Crippen LogP contribution in [0.3, 0.4) is 0 Å². The summed E-state index contributed by atoms with van der Waals surface area (Å²) in [7, 11) is 0. The molecule has 0 atom stereocenters. The van der Waals surface area contributed by atoms with Gasteiger partial charge >= 0.3 is 11.9 Å². The third-order valence-corrected chi connectivity index (χ3v) is 6.44. The van der Waals surface area contributed by atoms with Crippen molar-refractivity contribution in [3.8, 4) is 11.4 Å². The first kappa shape index (κ1) is 23.7. The Labute approximate surface area is 218 Å². The van der Waals surface area contributed by atoms with Gasteiger partial charge < -0.3 is 20.6 Å². The van der Waals surface area contributed by atoms with Crippen molar-refractivity contribution in [2.24, 2.45) is 0 Å². The van der Waals surface area contributed by atoms with E-state index >= 15 is 0 Å². The van der Waals surface area contributed by atoms with Gasteiger partial charge in [-0.25, -0.2) is 19.0 Å². The maximum absolute atomic E-state index is 11.3. The fraction of sp³-hybridized carbons (Fsp3) is 0.120. The fourth-order valence-corrected chi connectivity index (χ4v) is 4.47. The van der Waals surface area contributed by atoms with Gasteiger partial charge in [0.15, 0.2) is 11.4 Å². The molecule has 4 N–H and O–H groups in total. The number of benzene rings is 2. The van der Waals surface area contributed by atoms with Crippen molar-refractivity contribution in [2.45, 2.75) is 19.3 Å². The predicted molar refractivity (Wildman–Crippen MR) is 134 cm³/mol. The molecule has 0 spiro atoms. The van der Waals surface area contributed by atoms with Crippen LogP contribution in [0.1, 0.15) is 38.8 Å². The minimum absolute atomic E-state index is 0.228. The van der Waals surface area contributed by atoms with Gasteiger partial charge in [0.05, 0.1) is 46.2 Å². The maximum atomic E-state index is 11.3. The van der Waals surface area contributed by atoms with Gasteiger partial charge in [0, 0.05) is 10.8 Å². The van der Waals surface area contributed by atoms with E-state index < -0.39 is 11.9 Å². The standard InChI is InChI=1S/C25H20N8O6/c34-24(35)22-8-14-4-6-18(10-20(14)32(22)38)30-12-16(26-28-30)2-1-3-17-13-31(29-27-17)19-7-5-15-9-23(25(36)37)33(39)21(15)11-19/h4-13,38-39H,1-3H2,(H,34,35)(H,36,37). The molecule has 39 heavy (non-hydrogen) atoms. The highest BCUT2D eigenvalue weighted by atomic mass is 16.5. The van der Waals surface area contributed by atoms with Crippen molar-refractivity contribution in [3.63, 3.8) is 0 Å². The largest absolute Gasteiger partial charge is 0.476 e. The van der Waals surface area contributed by atoms with Gasteiger partial charge in [-0.15, -0.1) is 10.2 Å². The summed E-state index contributed by atoms with van der Waals surface area (Å²) in [5.41, 5.74) is 2.97. The van der Waals surface area contributed by atoms with E-state index in [1.54, 1.807) is 58.2 Å². The Hall–Kier alpha value is -5.66. The van der Waals surface area contributed by atoms with Gasteiger partial charge in [0.2, 0.25) is 0 Å². The zero-order valence-electron chi connectivity index (χ0n) is 20.1. The van der Waals surface area contributed by atoms with Gasteiger partial charge in [-0.2, -0.15) is 9.46 Å². The summed E-state index contributed by atoms with van der Waals surface area (Å²) in [5, 5.41) is 56.6. The number of rotatable bonds is 8. The van der Waals surface area contributed by atoms with E-state index in [4.69, 9.17) is 0 Å². The van der Waals surface area contributed by atoms with Crippen LogP contribution in [0.5, 0.6) is 0 Å². The van der Waals surface area contributed by atoms with Crippen LogP contribution < -0.4 is 0 Å². The van der Waals surface area contributed by atoms with Crippen LogP contribution in [-0.2, 0) is 12.8 Å². The Bertz CT molecular complexity index is 1760. The van der Waals surface area contributed by atoms with E-state index in [2.05, 4.69) is 20.6 Å². The number of carboxylic acid groups (broad SMARTS) is 2. The summed E-state index contributed by atoms with van der Waals surface area (Å²) >= 11 is 0. The third kappa shape index (κ3) is 4.19. The molecule has 14 heteroatoms. The Morgan fingerprint density at radius 3 is 1.51 bits per heavy atom. The second kappa shape index (κ2) is 9.02. The normalized spacial score (nSPS) is 11.5. The molecular formula is C25H20N8O6. The highest BCUT2D eigenvalue weighted by molar-refractivity contribution is 5.95. The Balaban J connectivity index is 1.12. The number of carbonyl (C=O) groups is 2. The topological polar surface area (TPSA) is 186 Å². The highest BCUT2D eigenvalue weighted by Gasteiger charge is 2.16. The van der Waals surface area contributed by atoms with E-state index in [-0.39, 0.29) is 11.4 Å². The summed E-state index contributed by atoms with van der Waals surface area (Å²) in [6, 6.07) is 13.0. The Morgan fingerprint density at radius 1 is 0.667 bits per heavy atom. The lowest BCUT2D eigenvalue weighted by Gasteiger charge is -2.02. The van der Waals surface area contributed by atoms with Gasteiger partial charge in [-0.05, 0) is 55.7 Å². The summed E-state index contributed by atoms with van der Waals surface area (Å²) < 4.78 is 4.39. The first-order valence-electron chi connectivity index (χ1n) is 11.8. The number of nitrogens with zero attached hydrogens (tertiary/aromatic N) is 8. The number of hydrogen-bond donors (Lipinski definition) is 4. The molecule has 2 aromatic carbocycles. The highest BCUT2D eigenvalue weighted by Crippen LogP contribution is 2.23. The number of fused-ring (bicyclic) bond motifs is 2. The number of aromatic carboxylic acids is 2. The average Bonchev–Trinajstić information content (AvgIpc) is 3.70. The molecule has 6 aromatic rings. The molecule has 0 bridgehead atoms. The molecule has 0 saturated heterocycles. The number of carboxylic acids is 2. The first-order chi connectivity index (χ1) is 18.8. The summed E-state index contributed by atoms with van der Waals surface area (Å²) in [5.74, 6) is -2.46. The lowest BCUT2D eigenvalue weighted by Crippen LogP contribution is -2.04. The van der Waals surface area contributed by atoms with Gasteiger partial charge in [0.25, 0.3) is 0 Å². The molecule has 0 aliphatic carbocycles. The molecule has 0 radical (unpaired) electrons. The van der Waals surface area contributed by atoms with Crippen molar-refractivity contribution in [3.05, 3.63) is 83.7 Å². The predicted octanol–water partition coefficient (Wildman–Crippen LogP) is 2.80. The SMILES string of the molecule is O=C(O)c1cc2ccc(-n3cc(CCCc4cn(-c5ccc6cc(C(=O)O)n(O)c6c5)nn4)nn3)cc2n1O. The van der Waals surface area contributed by atoms with Crippen LogP contribution >= 0.6 is 0 Å². The molecule has 0 saturated carbocycles. The van der Waals surface area contributed by atoms with Crippen molar-refractivity contribution in [2.75, 3.05) is 0 Å².